The van der Waals surface area contributed by atoms with Crippen molar-refractivity contribution in [2.75, 3.05) is 13.2 Å². The van der Waals surface area contributed by atoms with Gasteiger partial charge in [0.05, 0.1) is 0 Å². The first-order valence-electron chi connectivity index (χ1n) is 10.0. The van der Waals surface area contributed by atoms with Gasteiger partial charge in [0.25, 0.3) is 11.8 Å². The Morgan fingerprint density at radius 3 is 2.23 bits per heavy atom. The number of nitrogens with one attached hydrogen (secondary N) is 2. The maximum atomic E-state index is 12.2. The third-order valence-electron chi connectivity index (χ3n) is 4.61. The average Bonchev–Trinajstić information content (AvgIpc) is 2.78. The molecule has 0 heterocycles. The van der Waals surface area contributed by atoms with Crippen LogP contribution < -0.4 is 15.4 Å². The summed E-state index contributed by atoms with van der Waals surface area (Å²) < 4.78 is 5.77. The second-order valence-corrected chi connectivity index (χ2v) is 6.89. The van der Waals surface area contributed by atoms with Crippen molar-refractivity contribution in [2.24, 2.45) is 0 Å². The van der Waals surface area contributed by atoms with Crippen molar-refractivity contribution in [3.63, 3.8) is 0 Å². The predicted molar refractivity (Wildman–Crippen MR) is 117 cm³/mol. The lowest BCUT2D eigenvalue weighted by Gasteiger charge is -2.12. The molecule has 5 nitrogen and oxygen atoms in total. The van der Waals surface area contributed by atoms with Crippen molar-refractivity contribution in [3.8, 4) is 5.75 Å². The smallest absolute Gasteiger partial charge is 0.258 e. The number of carbonyl (C=O) groups excluding carboxylic acids is 2. The molecule has 154 valence electrons. The maximum absolute atomic E-state index is 12.2. The second-order valence-electron chi connectivity index (χ2n) is 6.89. The summed E-state index contributed by atoms with van der Waals surface area (Å²) in [4.78, 5) is 24.0. The van der Waals surface area contributed by atoms with Gasteiger partial charge in [-0.1, -0.05) is 60.7 Å². The van der Waals surface area contributed by atoms with Crippen LogP contribution in [-0.2, 0) is 17.8 Å². The van der Waals surface area contributed by atoms with Crippen molar-refractivity contribution in [2.45, 2.75) is 19.9 Å². The van der Waals surface area contributed by atoms with Gasteiger partial charge in [0.1, 0.15) is 5.75 Å². The van der Waals surface area contributed by atoms with Crippen molar-refractivity contribution in [1.82, 2.24) is 10.6 Å². The molecule has 2 amide bonds. The summed E-state index contributed by atoms with van der Waals surface area (Å²) >= 11 is 0. The van der Waals surface area contributed by atoms with Gasteiger partial charge in [0.15, 0.2) is 6.61 Å². The fourth-order valence-corrected chi connectivity index (χ4v) is 3.04. The Hall–Kier alpha value is -3.60. The average molecular weight is 402 g/mol. The highest BCUT2D eigenvalue weighted by Crippen LogP contribution is 2.21. The molecule has 0 aliphatic carbocycles. The molecule has 0 fully saturated rings. The summed E-state index contributed by atoms with van der Waals surface area (Å²) in [6, 6.07) is 25.1. The SMILES string of the molecule is CCNC(=O)c1ccc(CNC(=O)COc2ccccc2Cc2ccccc2)cc1. The highest BCUT2D eigenvalue weighted by atomic mass is 16.5. The lowest BCUT2D eigenvalue weighted by molar-refractivity contribution is -0.123. The number of hydrogen-bond donors (Lipinski definition) is 2. The minimum Gasteiger partial charge on any atom is -0.483 e. The number of hydrogen-bond acceptors (Lipinski definition) is 3. The molecule has 0 aromatic heterocycles. The molecule has 0 aliphatic heterocycles. The van der Waals surface area contributed by atoms with Crippen LogP contribution in [0.3, 0.4) is 0 Å². The minimum atomic E-state index is -0.197. The van der Waals surface area contributed by atoms with Gasteiger partial charge in [0.2, 0.25) is 0 Å². The predicted octanol–water partition coefficient (Wildman–Crippen LogP) is 3.72. The normalized spacial score (nSPS) is 10.3. The van der Waals surface area contributed by atoms with E-state index in [2.05, 4.69) is 22.8 Å². The Morgan fingerprint density at radius 2 is 1.50 bits per heavy atom. The van der Waals surface area contributed by atoms with E-state index in [0.29, 0.717) is 24.4 Å². The highest BCUT2D eigenvalue weighted by molar-refractivity contribution is 5.94. The lowest BCUT2D eigenvalue weighted by atomic mass is 10.0. The van der Waals surface area contributed by atoms with Crippen molar-refractivity contribution >= 4 is 11.8 Å². The molecule has 30 heavy (non-hydrogen) atoms. The Balaban J connectivity index is 1.50. The first-order chi connectivity index (χ1) is 14.7. The molecular weight excluding hydrogens is 376 g/mol. The summed E-state index contributed by atoms with van der Waals surface area (Å²) in [7, 11) is 0. The van der Waals surface area contributed by atoms with Gasteiger partial charge in [-0.2, -0.15) is 0 Å². The van der Waals surface area contributed by atoms with Crippen LogP contribution in [0.4, 0.5) is 0 Å². The molecule has 3 aromatic carbocycles. The monoisotopic (exact) mass is 402 g/mol. The van der Waals surface area contributed by atoms with Gasteiger partial charge in [-0.15, -0.1) is 0 Å². The van der Waals surface area contributed by atoms with Crippen LogP contribution in [0.25, 0.3) is 0 Å². The number of amides is 2. The Kier molecular flexibility index (Phi) is 7.61. The molecule has 0 unspecified atom stereocenters. The molecule has 0 atom stereocenters. The number of rotatable bonds is 9. The van der Waals surface area contributed by atoms with E-state index in [1.807, 2.05) is 61.5 Å². The van der Waals surface area contributed by atoms with E-state index in [1.54, 1.807) is 12.1 Å². The van der Waals surface area contributed by atoms with E-state index in [4.69, 9.17) is 4.74 Å². The van der Waals surface area contributed by atoms with E-state index in [-0.39, 0.29) is 18.4 Å². The van der Waals surface area contributed by atoms with Crippen LogP contribution in [0.5, 0.6) is 5.75 Å². The van der Waals surface area contributed by atoms with E-state index in [1.165, 1.54) is 5.56 Å². The first kappa shape index (κ1) is 21.1. The number of ether oxygens (including phenoxy) is 1. The van der Waals surface area contributed by atoms with Crippen molar-refractivity contribution in [1.29, 1.82) is 0 Å². The topological polar surface area (TPSA) is 67.4 Å². The van der Waals surface area contributed by atoms with Crippen LogP contribution in [-0.4, -0.2) is 25.0 Å². The molecule has 0 aliphatic rings. The van der Waals surface area contributed by atoms with Crippen LogP contribution in [0.1, 0.15) is 34.0 Å². The van der Waals surface area contributed by atoms with Crippen LogP contribution in [0.15, 0.2) is 78.9 Å². The number of benzene rings is 3. The Bertz CT molecular complexity index is 969. The Labute approximate surface area is 177 Å². The van der Waals surface area contributed by atoms with E-state index >= 15 is 0 Å². The zero-order valence-corrected chi connectivity index (χ0v) is 17.1. The van der Waals surface area contributed by atoms with E-state index < -0.39 is 0 Å². The minimum absolute atomic E-state index is 0.0528. The molecule has 3 aromatic rings. The Morgan fingerprint density at radius 1 is 0.800 bits per heavy atom. The molecule has 0 bridgehead atoms. The molecular formula is C25H26N2O3. The lowest BCUT2D eigenvalue weighted by Crippen LogP contribution is -2.28. The summed E-state index contributed by atoms with van der Waals surface area (Å²) in [5, 5.41) is 5.61. The van der Waals surface area contributed by atoms with Gasteiger partial charge in [0, 0.05) is 25.1 Å². The summed E-state index contributed by atoms with van der Waals surface area (Å²) in [5.41, 5.74) is 3.75. The molecule has 3 rings (SSSR count). The van der Waals surface area contributed by atoms with Crippen LogP contribution in [0, 0.1) is 0 Å². The maximum Gasteiger partial charge on any atom is 0.258 e. The zero-order valence-electron chi connectivity index (χ0n) is 17.1. The van der Waals surface area contributed by atoms with Crippen LogP contribution in [0.2, 0.25) is 0 Å². The fraction of sp³-hybridized carbons (Fsp3) is 0.200. The van der Waals surface area contributed by atoms with Crippen LogP contribution >= 0.6 is 0 Å². The van der Waals surface area contributed by atoms with Crippen molar-refractivity contribution < 1.29 is 14.3 Å². The van der Waals surface area contributed by atoms with E-state index in [9.17, 15) is 9.59 Å². The molecule has 0 saturated heterocycles. The molecule has 0 saturated carbocycles. The summed E-state index contributed by atoms with van der Waals surface area (Å²) in [5.74, 6) is 0.413. The van der Waals surface area contributed by atoms with Gasteiger partial charge in [-0.25, -0.2) is 0 Å². The summed E-state index contributed by atoms with van der Waals surface area (Å²) in [6.45, 7) is 2.79. The van der Waals surface area contributed by atoms with Crippen molar-refractivity contribution in [3.05, 3.63) is 101 Å². The third-order valence-corrected chi connectivity index (χ3v) is 4.61. The highest BCUT2D eigenvalue weighted by Gasteiger charge is 2.08. The standard InChI is InChI=1S/C25H26N2O3/c1-2-26-25(29)21-14-12-20(13-15-21)17-27-24(28)18-30-23-11-7-6-10-22(23)16-19-8-4-3-5-9-19/h3-15H,2,16-18H2,1H3,(H,26,29)(H,27,28). The number of para-hydroxylation sites is 1. The van der Waals surface area contributed by atoms with Gasteiger partial charge in [-0.05, 0) is 41.8 Å². The van der Waals surface area contributed by atoms with E-state index in [0.717, 1.165) is 17.5 Å². The number of carbonyl (C=O) groups is 2. The summed E-state index contributed by atoms with van der Waals surface area (Å²) in [6.07, 6.45) is 0.747. The first-order valence-corrected chi connectivity index (χ1v) is 10.0. The van der Waals surface area contributed by atoms with Gasteiger partial charge >= 0.3 is 0 Å². The molecule has 0 radical (unpaired) electrons. The molecule has 5 heteroatoms. The van der Waals surface area contributed by atoms with Gasteiger partial charge < -0.3 is 15.4 Å². The zero-order chi connectivity index (χ0) is 21.2. The van der Waals surface area contributed by atoms with Gasteiger partial charge in [-0.3, -0.25) is 9.59 Å². The molecule has 0 spiro atoms. The fourth-order valence-electron chi connectivity index (χ4n) is 3.04. The quantitative estimate of drug-likeness (QED) is 0.573. The third kappa shape index (κ3) is 6.21. The largest absolute Gasteiger partial charge is 0.483 e. The second kappa shape index (κ2) is 10.8. The molecule has 2 N–H and O–H groups in total.